The normalized spacial score (nSPS) is 13.9. The number of carboxylic acids is 2. The highest BCUT2D eigenvalue weighted by Crippen LogP contribution is 2.11. The first-order chi connectivity index (χ1) is 16.8. The summed E-state index contributed by atoms with van der Waals surface area (Å²) in [5.41, 5.74) is 11.7. The van der Waals surface area contributed by atoms with Crippen LogP contribution < -0.4 is 27.4 Å². The number of aromatic hydroxyl groups is 1. The van der Waals surface area contributed by atoms with Gasteiger partial charge in [0.05, 0.1) is 6.04 Å². The Hall–Kier alpha value is -4.20. The number of hydrogen-bond acceptors (Lipinski definition) is 8. The van der Waals surface area contributed by atoms with Gasteiger partial charge in [-0.05, 0) is 43.9 Å². The molecule has 0 radical (unpaired) electrons. The average Bonchev–Trinajstić information content (AvgIpc) is 2.79. The van der Waals surface area contributed by atoms with Crippen LogP contribution in [-0.2, 0) is 35.2 Å². The summed E-state index contributed by atoms with van der Waals surface area (Å²) in [5, 5.41) is 34.1. The number of carbonyl (C=O) groups is 6. The zero-order valence-electron chi connectivity index (χ0n) is 19.6. The quantitative estimate of drug-likeness (QED) is 0.128. The number of hydrogen-bond donors (Lipinski definition) is 8. The highest BCUT2D eigenvalue weighted by atomic mass is 16.4. The summed E-state index contributed by atoms with van der Waals surface area (Å²) in [5.74, 6) is -5.95. The van der Waals surface area contributed by atoms with Gasteiger partial charge in [0, 0.05) is 12.8 Å². The van der Waals surface area contributed by atoms with E-state index in [-0.39, 0.29) is 31.4 Å². The van der Waals surface area contributed by atoms with Crippen LogP contribution in [0.2, 0.25) is 0 Å². The molecule has 4 amide bonds. The molecule has 1 rings (SSSR count). The second kappa shape index (κ2) is 14.3. The lowest BCUT2D eigenvalue weighted by atomic mass is 10.0. The molecule has 0 heterocycles. The molecule has 4 unspecified atom stereocenters. The Labute approximate surface area is 206 Å². The Morgan fingerprint density at radius 3 is 1.83 bits per heavy atom. The molecule has 10 N–H and O–H groups in total. The molecule has 1 aromatic rings. The van der Waals surface area contributed by atoms with Crippen molar-refractivity contribution < 1.29 is 44.1 Å². The molecule has 0 aromatic heterocycles. The van der Waals surface area contributed by atoms with Crippen molar-refractivity contribution in [1.29, 1.82) is 0 Å². The number of phenolic OH excluding ortho intramolecular Hbond substituents is 1. The monoisotopic (exact) mass is 509 g/mol. The van der Waals surface area contributed by atoms with Gasteiger partial charge in [0.15, 0.2) is 0 Å². The first kappa shape index (κ1) is 29.8. The van der Waals surface area contributed by atoms with Gasteiger partial charge < -0.3 is 42.7 Å². The topological polar surface area (TPSA) is 251 Å². The van der Waals surface area contributed by atoms with E-state index in [2.05, 4.69) is 16.0 Å². The summed E-state index contributed by atoms with van der Waals surface area (Å²) >= 11 is 0. The number of nitrogens with one attached hydrogen (secondary N) is 3. The lowest BCUT2D eigenvalue weighted by Gasteiger charge is -2.24. The van der Waals surface area contributed by atoms with E-state index in [1.54, 1.807) is 12.1 Å². The van der Waals surface area contributed by atoms with E-state index >= 15 is 0 Å². The molecule has 0 saturated heterocycles. The molecular formula is C22H31N5O9. The van der Waals surface area contributed by atoms with Crippen LogP contribution in [-0.4, -0.2) is 75.1 Å². The molecule has 0 aliphatic carbocycles. The molecule has 4 atom stereocenters. The minimum atomic E-state index is -1.44. The molecule has 0 spiro atoms. The summed E-state index contributed by atoms with van der Waals surface area (Å²) in [6.45, 7) is 1.18. The molecule has 1 aromatic carbocycles. The smallest absolute Gasteiger partial charge is 0.325 e. The molecule has 0 bridgehead atoms. The van der Waals surface area contributed by atoms with Gasteiger partial charge in [0.1, 0.15) is 23.9 Å². The Kier molecular flexibility index (Phi) is 11.8. The van der Waals surface area contributed by atoms with Gasteiger partial charge in [-0.1, -0.05) is 12.1 Å². The van der Waals surface area contributed by atoms with Gasteiger partial charge >= 0.3 is 11.9 Å². The number of nitrogens with two attached hydrogens (primary N) is 2. The van der Waals surface area contributed by atoms with E-state index in [0.717, 1.165) is 0 Å². The van der Waals surface area contributed by atoms with Crippen molar-refractivity contribution in [2.75, 3.05) is 0 Å². The minimum Gasteiger partial charge on any atom is -0.508 e. The summed E-state index contributed by atoms with van der Waals surface area (Å²) in [6, 6.07) is 0.730. The van der Waals surface area contributed by atoms with E-state index < -0.39 is 66.2 Å². The third-order valence-corrected chi connectivity index (χ3v) is 5.05. The number of benzene rings is 1. The number of carboxylic acid groups (broad SMARTS) is 2. The van der Waals surface area contributed by atoms with E-state index in [1.165, 1.54) is 19.1 Å². The summed E-state index contributed by atoms with van der Waals surface area (Å²) in [6.07, 6.45) is -1.36. The van der Waals surface area contributed by atoms with Crippen LogP contribution in [0.5, 0.6) is 5.75 Å². The van der Waals surface area contributed by atoms with Crippen LogP contribution in [0.25, 0.3) is 0 Å². The third kappa shape index (κ3) is 10.8. The number of rotatable bonds is 15. The zero-order valence-corrected chi connectivity index (χ0v) is 19.6. The molecule has 0 aliphatic rings. The highest BCUT2D eigenvalue weighted by Gasteiger charge is 2.30. The van der Waals surface area contributed by atoms with Crippen LogP contribution >= 0.6 is 0 Å². The van der Waals surface area contributed by atoms with E-state index in [4.69, 9.17) is 21.7 Å². The van der Waals surface area contributed by atoms with Gasteiger partial charge in [-0.15, -0.1) is 0 Å². The fraction of sp³-hybridized carbons (Fsp3) is 0.455. The fourth-order valence-electron chi connectivity index (χ4n) is 3.00. The van der Waals surface area contributed by atoms with E-state index in [0.29, 0.717) is 5.56 Å². The van der Waals surface area contributed by atoms with Gasteiger partial charge in [-0.3, -0.25) is 28.8 Å². The first-order valence-corrected chi connectivity index (χ1v) is 11.0. The number of aliphatic carboxylic acids is 2. The summed E-state index contributed by atoms with van der Waals surface area (Å²) < 4.78 is 0. The molecule has 0 aliphatic heterocycles. The van der Waals surface area contributed by atoms with Gasteiger partial charge in [0.25, 0.3) is 0 Å². The van der Waals surface area contributed by atoms with Crippen LogP contribution in [0.3, 0.4) is 0 Å². The maximum Gasteiger partial charge on any atom is 0.325 e. The molecular weight excluding hydrogens is 478 g/mol. The minimum absolute atomic E-state index is 0.0270. The number of carbonyl (C=O) groups excluding carboxylic acids is 4. The van der Waals surface area contributed by atoms with Crippen molar-refractivity contribution >= 4 is 35.6 Å². The Bertz CT molecular complexity index is 967. The van der Waals surface area contributed by atoms with Crippen LogP contribution in [0, 0.1) is 0 Å². The molecule has 0 saturated carbocycles. The van der Waals surface area contributed by atoms with Crippen molar-refractivity contribution in [3.05, 3.63) is 29.8 Å². The molecule has 14 nitrogen and oxygen atoms in total. The van der Waals surface area contributed by atoms with Crippen LogP contribution in [0.4, 0.5) is 0 Å². The Morgan fingerprint density at radius 2 is 1.33 bits per heavy atom. The van der Waals surface area contributed by atoms with Gasteiger partial charge in [0.2, 0.25) is 23.6 Å². The van der Waals surface area contributed by atoms with Crippen molar-refractivity contribution in [3.63, 3.8) is 0 Å². The summed E-state index contributed by atoms with van der Waals surface area (Å²) in [7, 11) is 0. The lowest BCUT2D eigenvalue weighted by Crippen LogP contribution is -2.57. The van der Waals surface area contributed by atoms with Crippen molar-refractivity contribution in [2.24, 2.45) is 11.5 Å². The second-order valence-electron chi connectivity index (χ2n) is 8.11. The summed E-state index contributed by atoms with van der Waals surface area (Å²) in [4.78, 5) is 71.2. The number of amides is 4. The predicted molar refractivity (Wildman–Crippen MR) is 124 cm³/mol. The third-order valence-electron chi connectivity index (χ3n) is 5.05. The number of primary amides is 1. The van der Waals surface area contributed by atoms with Crippen molar-refractivity contribution in [3.8, 4) is 5.75 Å². The Morgan fingerprint density at radius 1 is 0.833 bits per heavy atom. The lowest BCUT2D eigenvalue weighted by molar-refractivity contribution is -0.142. The Balaban J connectivity index is 2.97. The maximum atomic E-state index is 12.9. The van der Waals surface area contributed by atoms with Crippen molar-refractivity contribution in [1.82, 2.24) is 16.0 Å². The first-order valence-electron chi connectivity index (χ1n) is 11.0. The van der Waals surface area contributed by atoms with Crippen LogP contribution in [0.1, 0.15) is 38.2 Å². The fourth-order valence-corrected chi connectivity index (χ4v) is 3.00. The molecule has 14 heteroatoms. The average molecular weight is 510 g/mol. The maximum absolute atomic E-state index is 12.9. The highest BCUT2D eigenvalue weighted by molar-refractivity contribution is 5.94. The largest absolute Gasteiger partial charge is 0.508 e. The standard InChI is InChI=1S/C22H31N5O9/c1-11(22(35)36)25-20(33)16(7-9-18(30)31)27-21(34)15(6-8-17(24)29)26-19(32)14(23)10-12-2-4-13(28)5-3-12/h2-5,11,14-16,28H,6-10,23H2,1H3,(H2,24,29)(H,25,33)(H,26,32)(H,27,34)(H,30,31)(H,35,36). The van der Waals surface area contributed by atoms with Crippen molar-refractivity contribution in [2.45, 2.75) is 63.2 Å². The van der Waals surface area contributed by atoms with Gasteiger partial charge in [-0.25, -0.2) is 0 Å². The number of phenols is 1. The van der Waals surface area contributed by atoms with E-state index in [1.807, 2.05) is 0 Å². The van der Waals surface area contributed by atoms with E-state index in [9.17, 15) is 33.9 Å². The molecule has 36 heavy (non-hydrogen) atoms. The molecule has 0 fully saturated rings. The van der Waals surface area contributed by atoms with Crippen LogP contribution in [0.15, 0.2) is 24.3 Å². The van der Waals surface area contributed by atoms with Gasteiger partial charge in [-0.2, -0.15) is 0 Å². The predicted octanol–water partition coefficient (Wildman–Crippen LogP) is -2.05. The zero-order chi connectivity index (χ0) is 27.4. The second-order valence-corrected chi connectivity index (χ2v) is 8.11. The molecule has 198 valence electrons. The SMILES string of the molecule is CC(NC(=O)C(CCC(=O)O)NC(=O)C(CCC(N)=O)NC(=O)C(N)Cc1ccc(O)cc1)C(=O)O.